The smallest absolute Gasteiger partial charge is 0.222 e. The number of amides is 1. The molecule has 0 bridgehead atoms. The van der Waals surface area contributed by atoms with Gasteiger partial charge in [-0.2, -0.15) is 0 Å². The molecule has 0 radical (unpaired) electrons. The van der Waals surface area contributed by atoms with Crippen LogP contribution in [0.1, 0.15) is 43.6 Å². The molecule has 1 aromatic heterocycles. The maximum Gasteiger partial charge on any atom is 0.222 e. The van der Waals surface area contributed by atoms with E-state index in [4.69, 9.17) is 9.72 Å². The second kappa shape index (κ2) is 10.3. The van der Waals surface area contributed by atoms with Crippen molar-refractivity contribution in [2.75, 3.05) is 13.2 Å². The van der Waals surface area contributed by atoms with Crippen LogP contribution in [-0.4, -0.2) is 28.6 Å². The predicted molar refractivity (Wildman–Crippen MR) is 122 cm³/mol. The lowest BCUT2D eigenvalue weighted by molar-refractivity contribution is -0.123. The lowest BCUT2D eigenvalue weighted by Crippen LogP contribution is -2.28. The van der Waals surface area contributed by atoms with Crippen LogP contribution in [0.4, 0.5) is 0 Å². The van der Waals surface area contributed by atoms with Gasteiger partial charge >= 0.3 is 0 Å². The van der Waals surface area contributed by atoms with Crippen molar-refractivity contribution in [2.24, 2.45) is 5.92 Å². The van der Waals surface area contributed by atoms with Gasteiger partial charge in [0.25, 0.3) is 0 Å². The van der Waals surface area contributed by atoms with Crippen molar-refractivity contribution >= 4 is 16.9 Å². The number of carbonyl (C=O) groups excluding carboxylic acids is 1. The lowest BCUT2D eigenvalue weighted by atomic mass is 10.1. The molecule has 30 heavy (non-hydrogen) atoms. The highest BCUT2D eigenvalue weighted by Crippen LogP contribution is 2.21. The average molecular weight is 408 g/mol. The maximum absolute atomic E-state index is 11.8. The zero-order chi connectivity index (χ0) is 21.5. The summed E-state index contributed by atoms with van der Waals surface area (Å²) in [5.74, 6) is 2.16. The summed E-state index contributed by atoms with van der Waals surface area (Å²) in [6, 6.07) is 14.4. The van der Waals surface area contributed by atoms with E-state index >= 15 is 0 Å². The molecule has 0 atom stereocenters. The minimum Gasteiger partial charge on any atom is -0.493 e. The minimum atomic E-state index is 0.0200. The molecule has 0 aliphatic rings. The second-order valence-corrected chi connectivity index (χ2v) is 8.12. The number of benzene rings is 2. The molecular formula is C25H33N3O2. The fourth-order valence-electron chi connectivity index (χ4n) is 3.51. The van der Waals surface area contributed by atoms with E-state index in [0.29, 0.717) is 13.2 Å². The largest absolute Gasteiger partial charge is 0.493 e. The summed E-state index contributed by atoms with van der Waals surface area (Å²) in [5, 5.41) is 2.99. The molecule has 0 saturated carbocycles. The van der Waals surface area contributed by atoms with Crippen LogP contribution in [0.25, 0.3) is 11.0 Å². The van der Waals surface area contributed by atoms with Crippen LogP contribution in [0.5, 0.6) is 5.75 Å². The SMILES string of the molecule is Cc1cccc(OCCCn2c(CCCNC(=O)C(C)C)nc3ccccc32)c1C. The molecule has 160 valence electrons. The van der Waals surface area contributed by atoms with Crippen molar-refractivity contribution in [3.63, 3.8) is 0 Å². The zero-order valence-electron chi connectivity index (χ0n) is 18.6. The normalized spacial score (nSPS) is 11.2. The number of aromatic nitrogens is 2. The van der Waals surface area contributed by atoms with Gasteiger partial charge in [0, 0.05) is 25.4 Å². The summed E-state index contributed by atoms with van der Waals surface area (Å²) in [5.41, 5.74) is 4.63. The number of hydrogen-bond donors (Lipinski definition) is 1. The van der Waals surface area contributed by atoms with Crippen molar-refractivity contribution in [1.82, 2.24) is 14.9 Å². The fraction of sp³-hybridized carbons (Fsp3) is 0.440. The Morgan fingerprint density at radius 2 is 1.90 bits per heavy atom. The zero-order valence-corrected chi connectivity index (χ0v) is 18.6. The monoisotopic (exact) mass is 407 g/mol. The Bertz CT molecular complexity index is 991. The van der Waals surface area contributed by atoms with E-state index in [-0.39, 0.29) is 11.8 Å². The van der Waals surface area contributed by atoms with E-state index in [0.717, 1.165) is 48.4 Å². The average Bonchev–Trinajstić information content (AvgIpc) is 3.08. The Kier molecular flexibility index (Phi) is 7.50. The Morgan fingerprint density at radius 1 is 1.10 bits per heavy atom. The number of ether oxygens (including phenoxy) is 1. The highest BCUT2D eigenvalue weighted by molar-refractivity contribution is 5.77. The lowest BCUT2D eigenvalue weighted by Gasteiger charge is -2.13. The molecule has 1 heterocycles. The van der Waals surface area contributed by atoms with Crippen LogP contribution < -0.4 is 10.1 Å². The van der Waals surface area contributed by atoms with Gasteiger partial charge in [-0.1, -0.05) is 38.1 Å². The summed E-state index contributed by atoms with van der Waals surface area (Å²) < 4.78 is 8.33. The third-order valence-electron chi connectivity index (χ3n) is 5.47. The number of carbonyl (C=O) groups is 1. The van der Waals surface area contributed by atoms with Crippen molar-refractivity contribution in [2.45, 2.75) is 53.5 Å². The van der Waals surface area contributed by atoms with E-state index in [2.05, 4.69) is 48.0 Å². The molecular weight excluding hydrogens is 374 g/mol. The molecule has 2 aromatic carbocycles. The second-order valence-electron chi connectivity index (χ2n) is 8.12. The van der Waals surface area contributed by atoms with Gasteiger partial charge < -0.3 is 14.6 Å². The van der Waals surface area contributed by atoms with Crippen molar-refractivity contribution in [3.8, 4) is 5.75 Å². The molecule has 0 fully saturated rings. The number of imidazole rings is 1. The standard InChI is InChI=1S/C25H33N3O2/c1-18(2)25(29)26-15-8-14-24-27-21-11-5-6-12-22(21)28(24)16-9-17-30-23-13-7-10-19(3)20(23)4/h5-7,10-13,18H,8-9,14-17H2,1-4H3,(H,26,29). The van der Waals surface area contributed by atoms with Crippen molar-refractivity contribution in [3.05, 3.63) is 59.4 Å². The molecule has 0 unspecified atom stereocenters. The van der Waals surface area contributed by atoms with Crippen LogP contribution in [-0.2, 0) is 17.8 Å². The highest BCUT2D eigenvalue weighted by atomic mass is 16.5. The first-order chi connectivity index (χ1) is 14.5. The van der Waals surface area contributed by atoms with E-state index in [1.807, 2.05) is 32.0 Å². The van der Waals surface area contributed by atoms with Gasteiger partial charge in [-0.05, 0) is 56.0 Å². The summed E-state index contributed by atoms with van der Waals surface area (Å²) in [6.45, 7) is 10.2. The van der Waals surface area contributed by atoms with Crippen LogP contribution in [0.15, 0.2) is 42.5 Å². The molecule has 0 saturated heterocycles. The first-order valence-electron chi connectivity index (χ1n) is 10.9. The summed E-state index contributed by atoms with van der Waals surface area (Å²) >= 11 is 0. The van der Waals surface area contributed by atoms with E-state index in [1.165, 1.54) is 11.1 Å². The molecule has 0 aliphatic carbocycles. The highest BCUT2D eigenvalue weighted by Gasteiger charge is 2.11. The molecule has 3 aromatic rings. The van der Waals surface area contributed by atoms with Crippen LogP contribution in [0.3, 0.4) is 0 Å². The first-order valence-corrected chi connectivity index (χ1v) is 10.9. The Hall–Kier alpha value is -2.82. The van der Waals surface area contributed by atoms with Gasteiger partial charge in [0.15, 0.2) is 0 Å². The summed E-state index contributed by atoms with van der Waals surface area (Å²) in [6.07, 6.45) is 2.62. The Labute approximate surface area is 179 Å². The maximum atomic E-state index is 11.8. The molecule has 1 amide bonds. The Morgan fingerprint density at radius 3 is 2.70 bits per heavy atom. The predicted octanol–water partition coefficient (Wildman–Crippen LogP) is 4.83. The van der Waals surface area contributed by atoms with E-state index in [1.54, 1.807) is 0 Å². The molecule has 5 heteroatoms. The number of fused-ring (bicyclic) bond motifs is 1. The number of nitrogens with one attached hydrogen (secondary N) is 1. The quantitative estimate of drug-likeness (QED) is 0.490. The third kappa shape index (κ3) is 5.41. The molecule has 0 aliphatic heterocycles. The van der Waals surface area contributed by atoms with Crippen LogP contribution >= 0.6 is 0 Å². The van der Waals surface area contributed by atoms with Crippen molar-refractivity contribution in [1.29, 1.82) is 0 Å². The van der Waals surface area contributed by atoms with Gasteiger partial charge in [0.05, 0.1) is 17.6 Å². The molecule has 1 N–H and O–H groups in total. The number of para-hydroxylation sites is 2. The third-order valence-corrected chi connectivity index (χ3v) is 5.47. The molecule has 3 rings (SSSR count). The molecule has 5 nitrogen and oxygen atoms in total. The van der Waals surface area contributed by atoms with Crippen LogP contribution in [0.2, 0.25) is 0 Å². The van der Waals surface area contributed by atoms with E-state index in [9.17, 15) is 4.79 Å². The first kappa shape index (κ1) is 21.9. The Balaban J connectivity index is 1.60. The number of aryl methyl sites for hydroxylation is 3. The fourth-order valence-corrected chi connectivity index (χ4v) is 3.51. The van der Waals surface area contributed by atoms with Gasteiger partial charge in [0.1, 0.15) is 11.6 Å². The topological polar surface area (TPSA) is 56.1 Å². The van der Waals surface area contributed by atoms with Gasteiger partial charge in [-0.3, -0.25) is 4.79 Å². The number of hydrogen-bond acceptors (Lipinski definition) is 3. The summed E-state index contributed by atoms with van der Waals surface area (Å²) in [4.78, 5) is 16.6. The minimum absolute atomic E-state index is 0.0200. The van der Waals surface area contributed by atoms with Gasteiger partial charge in [0.2, 0.25) is 5.91 Å². The molecule has 0 spiro atoms. The summed E-state index contributed by atoms with van der Waals surface area (Å²) in [7, 11) is 0. The van der Waals surface area contributed by atoms with Gasteiger partial charge in [-0.15, -0.1) is 0 Å². The van der Waals surface area contributed by atoms with Crippen LogP contribution in [0, 0.1) is 19.8 Å². The van der Waals surface area contributed by atoms with Gasteiger partial charge in [-0.25, -0.2) is 4.98 Å². The van der Waals surface area contributed by atoms with E-state index < -0.39 is 0 Å². The van der Waals surface area contributed by atoms with Crippen molar-refractivity contribution < 1.29 is 9.53 Å². The number of rotatable bonds is 10. The number of nitrogens with zero attached hydrogens (tertiary/aromatic N) is 2.